The van der Waals surface area contributed by atoms with Crippen molar-refractivity contribution in [1.82, 2.24) is 24.5 Å². The van der Waals surface area contributed by atoms with Gasteiger partial charge in [-0.1, -0.05) is 0 Å². The van der Waals surface area contributed by atoms with Gasteiger partial charge in [-0.3, -0.25) is 4.79 Å². The molecule has 1 aliphatic heterocycles. The molecule has 0 radical (unpaired) electrons. The number of aromatic amines is 1. The van der Waals surface area contributed by atoms with Crippen LogP contribution < -0.4 is 10.5 Å². The molecule has 9 nitrogen and oxygen atoms in total. The predicted molar refractivity (Wildman–Crippen MR) is 109 cm³/mol. The highest BCUT2D eigenvalue weighted by atomic mass is 79.9. The lowest BCUT2D eigenvalue weighted by atomic mass is 10.3. The second-order valence-electron chi connectivity index (χ2n) is 5.99. The van der Waals surface area contributed by atoms with Gasteiger partial charge in [0.25, 0.3) is 15.6 Å². The van der Waals surface area contributed by atoms with Gasteiger partial charge in [0.05, 0.1) is 4.88 Å². The molecule has 0 atom stereocenters. The maximum atomic E-state index is 13.0. The van der Waals surface area contributed by atoms with Gasteiger partial charge < -0.3 is 4.90 Å². The average Bonchev–Trinajstić information content (AvgIpc) is 3.20. The molecule has 3 aromatic heterocycles. The lowest BCUT2D eigenvalue weighted by Gasteiger charge is -2.34. The van der Waals surface area contributed by atoms with Gasteiger partial charge in [-0.2, -0.15) is 9.40 Å². The summed E-state index contributed by atoms with van der Waals surface area (Å²) in [6.07, 6.45) is 3.21. The summed E-state index contributed by atoms with van der Waals surface area (Å²) >= 11 is 4.51. The molecule has 4 rings (SSSR count). The van der Waals surface area contributed by atoms with Crippen molar-refractivity contribution in [3.63, 3.8) is 0 Å². The van der Waals surface area contributed by atoms with Crippen LogP contribution in [0.3, 0.4) is 0 Å². The second kappa shape index (κ2) is 7.70. The summed E-state index contributed by atoms with van der Waals surface area (Å²) in [5.41, 5.74) is 0.226. The minimum atomic E-state index is -3.60. The van der Waals surface area contributed by atoms with Gasteiger partial charge >= 0.3 is 0 Å². The van der Waals surface area contributed by atoms with E-state index in [-0.39, 0.29) is 9.77 Å². The van der Waals surface area contributed by atoms with Gasteiger partial charge in [-0.25, -0.2) is 23.5 Å². The Bertz CT molecular complexity index is 1130. The van der Waals surface area contributed by atoms with Crippen molar-refractivity contribution in [2.75, 3.05) is 31.1 Å². The molecule has 12 heteroatoms. The Morgan fingerprint density at radius 2 is 1.79 bits per heavy atom. The van der Waals surface area contributed by atoms with Crippen LogP contribution in [-0.4, -0.2) is 59.1 Å². The van der Waals surface area contributed by atoms with Gasteiger partial charge in [0.1, 0.15) is 14.5 Å². The fraction of sp³-hybridized carbons (Fsp3) is 0.250. The summed E-state index contributed by atoms with van der Waals surface area (Å²) in [5.74, 6) is 0.710. The summed E-state index contributed by atoms with van der Waals surface area (Å²) in [4.78, 5) is 22.3. The molecule has 1 aliphatic rings. The third kappa shape index (κ3) is 3.72. The van der Waals surface area contributed by atoms with Crippen molar-refractivity contribution in [2.45, 2.75) is 4.21 Å². The van der Waals surface area contributed by atoms with Crippen molar-refractivity contribution >= 4 is 43.1 Å². The van der Waals surface area contributed by atoms with Crippen molar-refractivity contribution in [1.29, 1.82) is 0 Å². The zero-order valence-corrected chi connectivity index (χ0v) is 17.7. The second-order valence-corrected chi connectivity index (χ2v) is 9.99. The van der Waals surface area contributed by atoms with E-state index in [0.717, 1.165) is 11.3 Å². The minimum absolute atomic E-state index is 0.254. The van der Waals surface area contributed by atoms with E-state index in [1.54, 1.807) is 30.6 Å². The summed E-state index contributed by atoms with van der Waals surface area (Å²) in [6, 6.07) is 6.21. The Morgan fingerprint density at radius 1 is 1.04 bits per heavy atom. The van der Waals surface area contributed by atoms with Crippen molar-refractivity contribution in [3.05, 3.63) is 51.6 Å². The maximum absolute atomic E-state index is 13.0. The first kappa shape index (κ1) is 19.2. The zero-order valence-electron chi connectivity index (χ0n) is 14.4. The van der Waals surface area contributed by atoms with Crippen LogP contribution in [0.5, 0.6) is 0 Å². The Balaban J connectivity index is 1.50. The smallest absolute Gasteiger partial charge is 0.264 e. The van der Waals surface area contributed by atoms with Crippen LogP contribution in [0.15, 0.2) is 50.3 Å². The molecule has 0 spiro atoms. The Hall–Kier alpha value is -2.15. The van der Waals surface area contributed by atoms with Gasteiger partial charge in [-0.15, -0.1) is 11.3 Å². The minimum Gasteiger partial charge on any atom is -0.352 e. The molecule has 4 heterocycles. The summed E-state index contributed by atoms with van der Waals surface area (Å²) in [7, 11) is -3.60. The fourth-order valence-electron chi connectivity index (χ4n) is 2.87. The summed E-state index contributed by atoms with van der Waals surface area (Å²) in [5, 5.41) is 6.30. The largest absolute Gasteiger partial charge is 0.352 e. The number of anilines is 1. The molecule has 1 saturated heterocycles. The van der Waals surface area contributed by atoms with Crippen molar-refractivity contribution in [2.24, 2.45) is 0 Å². The number of halogens is 1. The molecule has 1 N–H and O–H groups in total. The van der Waals surface area contributed by atoms with Gasteiger partial charge in [-0.05, 0) is 34.1 Å². The number of sulfonamides is 1. The number of hydrogen-bond acceptors (Lipinski definition) is 8. The monoisotopic (exact) mass is 482 g/mol. The highest BCUT2D eigenvalue weighted by Crippen LogP contribution is 2.31. The third-order valence-electron chi connectivity index (χ3n) is 4.28. The van der Waals surface area contributed by atoms with Crippen molar-refractivity contribution < 1.29 is 8.42 Å². The van der Waals surface area contributed by atoms with Gasteiger partial charge in [0, 0.05) is 44.6 Å². The Labute approximate surface area is 173 Å². The molecular formula is C16H15BrN6O3S2. The number of hydrogen-bond donors (Lipinski definition) is 1. The first-order valence-electron chi connectivity index (χ1n) is 8.33. The summed E-state index contributed by atoms with van der Waals surface area (Å²) in [6.45, 7) is 1.76. The van der Waals surface area contributed by atoms with E-state index < -0.39 is 10.0 Å². The van der Waals surface area contributed by atoms with Crippen LogP contribution in [0.1, 0.15) is 0 Å². The Kier molecular flexibility index (Phi) is 5.27. The molecular weight excluding hydrogens is 468 g/mol. The van der Waals surface area contributed by atoms with Gasteiger partial charge in [0.2, 0.25) is 0 Å². The lowest BCUT2D eigenvalue weighted by molar-refractivity contribution is 0.384. The number of thiophene rings is 1. The van der Waals surface area contributed by atoms with Crippen LogP contribution in [-0.2, 0) is 10.0 Å². The van der Waals surface area contributed by atoms with Crippen LogP contribution in [0.4, 0.5) is 5.82 Å². The summed E-state index contributed by atoms with van der Waals surface area (Å²) < 4.78 is 28.4. The van der Waals surface area contributed by atoms with Crippen molar-refractivity contribution in [3.8, 4) is 10.6 Å². The highest BCUT2D eigenvalue weighted by Gasteiger charge is 2.30. The SMILES string of the molecule is O=c1ccc(-c2ccc(S(=O)(=O)N3CCN(c4nccnc4Br)CC3)s2)n[nH]1. The van der Waals surface area contributed by atoms with E-state index in [1.165, 1.54) is 10.4 Å². The maximum Gasteiger partial charge on any atom is 0.264 e. The third-order valence-corrected chi connectivity index (χ3v) is 8.31. The quantitative estimate of drug-likeness (QED) is 0.600. The highest BCUT2D eigenvalue weighted by molar-refractivity contribution is 9.10. The lowest BCUT2D eigenvalue weighted by Crippen LogP contribution is -2.48. The number of H-pyrrole nitrogens is 1. The predicted octanol–water partition coefficient (Wildman–Crippen LogP) is 1.56. The number of rotatable bonds is 4. The topological polar surface area (TPSA) is 112 Å². The van der Waals surface area contributed by atoms with Gasteiger partial charge in [0.15, 0.2) is 5.82 Å². The van der Waals surface area contributed by atoms with Crippen LogP contribution in [0.25, 0.3) is 10.6 Å². The van der Waals surface area contributed by atoms with E-state index in [1.807, 2.05) is 4.90 Å². The molecule has 1 fully saturated rings. The van der Waals surface area contributed by atoms with E-state index in [2.05, 4.69) is 36.1 Å². The number of aromatic nitrogens is 4. The number of nitrogens with zero attached hydrogens (tertiary/aromatic N) is 5. The standard InChI is InChI=1S/C16H15BrN6O3S2/c17-15-16(19-6-5-18-15)22-7-9-23(10-8-22)28(25,26)14-4-2-12(27-14)11-1-3-13(24)21-20-11/h1-6H,7-10H2,(H,21,24). The molecule has 0 aromatic carbocycles. The molecule has 0 amide bonds. The van der Waals surface area contributed by atoms with E-state index in [9.17, 15) is 13.2 Å². The van der Waals surface area contributed by atoms with Crippen LogP contribution in [0.2, 0.25) is 0 Å². The zero-order chi connectivity index (χ0) is 19.7. The normalized spacial score (nSPS) is 15.7. The number of nitrogens with one attached hydrogen (secondary N) is 1. The van der Waals surface area contributed by atoms with E-state index in [4.69, 9.17) is 0 Å². The first-order chi connectivity index (χ1) is 13.4. The van der Waals surface area contributed by atoms with Crippen LogP contribution >= 0.6 is 27.3 Å². The molecule has 28 heavy (non-hydrogen) atoms. The fourth-order valence-corrected chi connectivity index (χ4v) is 6.20. The van der Waals surface area contributed by atoms with E-state index >= 15 is 0 Å². The Morgan fingerprint density at radius 3 is 2.46 bits per heavy atom. The molecule has 146 valence electrons. The van der Waals surface area contributed by atoms with Crippen LogP contribution in [0, 0.1) is 0 Å². The average molecular weight is 483 g/mol. The molecule has 0 aliphatic carbocycles. The molecule has 0 bridgehead atoms. The molecule has 0 unspecified atom stereocenters. The van der Waals surface area contributed by atoms with E-state index in [0.29, 0.717) is 47.2 Å². The first-order valence-corrected chi connectivity index (χ1v) is 11.4. The number of piperazine rings is 1. The molecule has 0 saturated carbocycles. The molecule has 3 aromatic rings.